The number of hydrogen-bond acceptors (Lipinski definition) is 6. The summed E-state index contributed by atoms with van der Waals surface area (Å²) in [6, 6.07) is 14.7. The van der Waals surface area contributed by atoms with Crippen LogP contribution in [0.25, 0.3) is 22.6 Å². The van der Waals surface area contributed by atoms with Crippen LogP contribution in [-0.2, 0) is 0 Å². The van der Waals surface area contributed by atoms with E-state index in [9.17, 15) is 4.79 Å². The van der Waals surface area contributed by atoms with Crippen molar-refractivity contribution in [2.45, 2.75) is 13.8 Å². The number of ketones is 1. The molecular weight excluding hydrogens is 358 g/mol. The van der Waals surface area contributed by atoms with Crippen molar-refractivity contribution in [3.8, 4) is 34.1 Å². The number of aromatic nitrogens is 1. The molecule has 0 saturated heterocycles. The maximum absolute atomic E-state index is 12.4. The molecule has 0 radical (unpaired) electrons. The molecule has 1 aromatic heterocycles. The Labute approximate surface area is 163 Å². The minimum atomic E-state index is -0.218. The third-order valence-electron chi connectivity index (χ3n) is 4.20. The fraction of sp³-hybridized carbons (Fsp3) is 0.273. The first kappa shape index (κ1) is 19.6. The van der Waals surface area contributed by atoms with Crippen molar-refractivity contribution in [1.29, 1.82) is 0 Å². The van der Waals surface area contributed by atoms with Gasteiger partial charge in [0, 0.05) is 17.0 Å². The molecule has 0 aliphatic heterocycles. The molecule has 0 amide bonds. The molecule has 3 aromatic rings. The van der Waals surface area contributed by atoms with Gasteiger partial charge in [-0.25, -0.2) is 4.98 Å². The predicted molar refractivity (Wildman–Crippen MR) is 106 cm³/mol. The number of oxazole rings is 1. The monoisotopic (exact) mass is 381 g/mol. The molecule has 6 heteroatoms. The van der Waals surface area contributed by atoms with Gasteiger partial charge >= 0.3 is 0 Å². The quantitative estimate of drug-likeness (QED) is 0.588. The average Bonchev–Trinajstić information content (AvgIpc) is 3.17. The van der Waals surface area contributed by atoms with Gasteiger partial charge in [0.25, 0.3) is 5.89 Å². The number of methoxy groups -OCH3 is 1. The topological polar surface area (TPSA) is 81.8 Å². The maximum Gasteiger partial charge on any atom is 0.264 e. The van der Waals surface area contributed by atoms with E-state index in [-0.39, 0.29) is 30.8 Å². The Balaban J connectivity index is 2.03. The van der Waals surface area contributed by atoms with Crippen molar-refractivity contribution in [2.75, 3.05) is 20.3 Å². The van der Waals surface area contributed by atoms with Crippen molar-refractivity contribution in [1.82, 2.24) is 4.98 Å². The molecule has 0 unspecified atom stereocenters. The number of carbonyl (C=O) groups excluding carboxylic acids is 1. The second-order valence-corrected chi connectivity index (χ2v) is 6.54. The molecule has 0 fully saturated rings. The van der Waals surface area contributed by atoms with Gasteiger partial charge in [-0.1, -0.05) is 13.8 Å². The van der Waals surface area contributed by atoms with Crippen molar-refractivity contribution in [3.05, 3.63) is 54.4 Å². The van der Waals surface area contributed by atoms with E-state index in [1.165, 1.54) is 0 Å². The molecule has 28 heavy (non-hydrogen) atoms. The second kappa shape index (κ2) is 8.71. The fourth-order valence-corrected chi connectivity index (χ4v) is 2.68. The molecule has 0 aliphatic carbocycles. The van der Waals surface area contributed by atoms with Crippen LogP contribution < -0.4 is 9.47 Å². The minimum absolute atomic E-state index is 0.0483. The summed E-state index contributed by atoms with van der Waals surface area (Å²) in [7, 11) is 1.61. The Hall–Kier alpha value is -3.12. The van der Waals surface area contributed by atoms with Gasteiger partial charge in [0.2, 0.25) is 5.78 Å². The number of aliphatic hydroxyl groups is 1. The van der Waals surface area contributed by atoms with Crippen LogP contribution in [0.1, 0.15) is 24.5 Å². The van der Waals surface area contributed by atoms with Gasteiger partial charge in [0.15, 0.2) is 5.76 Å². The van der Waals surface area contributed by atoms with Crippen molar-refractivity contribution >= 4 is 5.78 Å². The van der Waals surface area contributed by atoms with E-state index in [1.54, 1.807) is 19.2 Å². The Morgan fingerprint density at radius 1 is 1.04 bits per heavy atom. The molecule has 2 aromatic carbocycles. The van der Waals surface area contributed by atoms with Gasteiger partial charge in [-0.05, 0) is 48.5 Å². The molecule has 3 rings (SSSR count). The highest BCUT2D eigenvalue weighted by atomic mass is 16.5. The molecule has 0 spiro atoms. The zero-order valence-corrected chi connectivity index (χ0v) is 16.1. The number of Topliss-reactive ketones (excluding diaryl/α,β-unsaturated/α-hetero) is 1. The van der Waals surface area contributed by atoms with Gasteiger partial charge in [0.05, 0.1) is 13.7 Å². The summed E-state index contributed by atoms with van der Waals surface area (Å²) < 4.78 is 16.5. The molecule has 1 N–H and O–H groups in total. The summed E-state index contributed by atoms with van der Waals surface area (Å²) in [6.07, 6.45) is 0. The molecule has 6 nitrogen and oxygen atoms in total. The molecule has 0 bridgehead atoms. The van der Waals surface area contributed by atoms with Crippen LogP contribution in [0.4, 0.5) is 0 Å². The average molecular weight is 381 g/mol. The van der Waals surface area contributed by atoms with Gasteiger partial charge < -0.3 is 19.0 Å². The lowest BCUT2D eigenvalue weighted by Crippen LogP contribution is -2.07. The minimum Gasteiger partial charge on any atom is -0.497 e. The summed E-state index contributed by atoms with van der Waals surface area (Å²) in [5.41, 5.74) is 2.18. The smallest absolute Gasteiger partial charge is 0.264 e. The van der Waals surface area contributed by atoms with E-state index < -0.39 is 0 Å². The molecule has 146 valence electrons. The lowest BCUT2D eigenvalue weighted by Gasteiger charge is -2.06. The largest absolute Gasteiger partial charge is 0.497 e. The lowest BCUT2D eigenvalue weighted by atomic mass is 10.1. The lowest BCUT2D eigenvalue weighted by molar-refractivity contribution is 0.0905. The highest BCUT2D eigenvalue weighted by Crippen LogP contribution is 2.34. The number of carbonyl (C=O) groups is 1. The summed E-state index contributed by atoms with van der Waals surface area (Å²) in [5, 5.41) is 8.87. The number of ether oxygens (including phenoxy) is 2. The SMILES string of the molecule is COc1ccc(-c2oc(C(=O)C(C)C)nc2-c2ccc(OCCO)cc2)cc1. The van der Waals surface area contributed by atoms with Gasteiger partial charge in [-0.3, -0.25) is 4.79 Å². The normalized spacial score (nSPS) is 10.9. The van der Waals surface area contributed by atoms with E-state index in [2.05, 4.69) is 4.98 Å². The van der Waals surface area contributed by atoms with Crippen molar-refractivity contribution in [3.63, 3.8) is 0 Å². The molecule has 0 atom stereocenters. The third kappa shape index (κ3) is 4.23. The number of nitrogens with zero attached hydrogens (tertiary/aromatic N) is 1. The molecule has 0 aliphatic rings. The fourth-order valence-electron chi connectivity index (χ4n) is 2.68. The van der Waals surface area contributed by atoms with Crippen LogP contribution in [-0.4, -0.2) is 36.2 Å². The van der Waals surface area contributed by atoms with E-state index in [1.807, 2.05) is 50.2 Å². The van der Waals surface area contributed by atoms with Crippen LogP contribution in [0.3, 0.4) is 0 Å². The Morgan fingerprint density at radius 3 is 2.21 bits per heavy atom. The van der Waals surface area contributed by atoms with Crippen LogP contribution in [0.15, 0.2) is 52.9 Å². The van der Waals surface area contributed by atoms with Crippen LogP contribution in [0.5, 0.6) is 11.5 Å². The van der Waals surface area contributed by atoms with Crippen LogP contribution in [0, 0.1) is 5.92 Å². The van der Waals surface area contributed by atoms with E-state index in [4.69, 9.17) is 19.0 Å². The highest BCUT2D eigenvalue weighted by molar-refractivity contribution is 5.95. The number of hydrogen-bond donors (Lipinski definition) is 1. The Bertz CT molecular complexity index is 927. The van der Waals surface area contributed by atoms with E-state index in [0.29, 0.717) is 17.2 Å². The predicted octanol–water partition coefficient (Wildman–Crippen LogP) is 4.23. The molecule has 0 saturated carbocycles. The molecular formula is C22H23NO5. The first-order valence-electron chi connectivity index (χ1n) is 9.07. The molecule has 1 heterocycles. The first-order valence-corrected chi connectivity index (χ1v) is 9.07. The first-order chi connectivity index (χ1) is 13.5. The van der Waals surface area contributed by atoms with E-state index in [0.717, 1.165) is 16.9 Å². The summed E-state index contributed by atoms with van der Waals surface area (Å²) in [4.78, 5) is 16.9. The van der Waals surface area contributed by atoms with Gasteiger partial charge in [-0.2, -0.15) is 0 Å². The van der Waals surface area contributed by atoms with Gasteiger partial charge in [0.1, 0.15) is 23.8 Å². The zero-order valence-electron chi connectivity index (χ0n) is 16.1. The third-order valence-corrected chi connectivity index (χ3v) is 4.20. The van der Waals surface area contributed by atoms with Crippen LogP contribution in [0.2, 0.25) is 0 Å². The number of benzene rings is 2. The van der Waals surface area contributed by atoms with Crippen molar-refractivity contribution in [2.24, 2.45) is 5.92 Å². The standard InChI is InChI=1S/C22H23NO5/c1-14(2)20(25)22-23-19(15-4-10-18(11-5-15)27-13-12-24)21(28-22)16-6-8-17(26-3)9-7-16/h4-11,14,24H,12-13H2,1-3H3. The highest BCUT2D eigenvalue weighted by Gasteiger charge is 2.23. The maximum atomic E-state index is 12.4. The van der Waals surface area contributed by atoms with Crippen LogP contribution >= 0.6 is 0 Å². The van der Waals surface area contributed by atoms with E-state index >= 15 is 0 Å². The Morgan fingerprint density at radius 2 is 1.64 bits per heavy atom. The zero-order chi connectivity index (χ0) is 20.1. The summed E-state index contributed by atoms with van der Waals surface area (Å²) >= 11 is 0. The summed E-state index contributed by atoms with van der Waals surface area (Å²) in [6.45, 7) is 3.81. The van der Waals surface area contributed by atoms with Crippen molar-refractivity contribution < 1.29 is 23.8 Å². The Kier molecular flexibility index (Phi) is 6.11. The summed E-state index contributed by atoms with van der Waals surface area (Å²) in [5.74, 6) is 1.62. The second-order valence-electron chi connectivity index (χ2n) is 6.54. The number of rotatable bonds is 8. The van der Waals surface area contributed by atoms with Gasteiger partial charge in [-0.15, -0.1) is 0 Å². The number of aliphatic hydroxyl groups excluding tert-OH is 1.